The van der Waals surface area contributed by atoms with Gasteiger partial charge in [0, 0.05) is 30.3 Å². The van der Waals surface area contributed by atoms with Gasteiger partial charge in [0.05, 0.1) is 23.4 Å². The van der Waals surface area contributed by atoms with Gasteiger partial charge in [-0.3, -0.25) is 14.6 Å². The van der Waals surface area contributed by atoms with E-state index in [9.17, 15) is 22.4 Å². The summed E-state index contributed by atoms with van der Waals surface area (Å²) in [6.07, 6.45) is 5.01. The van der Waals surface area contributed by atoms with Crippen molar-refractivity contribution in [2.24, 2.45) is 11.3 Å². The average Bonchev–Trinajstić information content (AvgIpc) is 2.78. The first-order valence-electron chi connectivity index (χ1n) is 11.3. The van der Waals surface area contributed by atoms with Crippen LogP contribution in [-0.2, 0) is 19.4 Å². The Kier molecular flexibility index (Phi) is 7.75. The van der Waals surface area contributed by atoms with Crippen molar-refractivity contribution in [2.45, 2.75) is 44.9 Å². The number of ketones is 1. The normalized spacial score (nSPS) is 15.3. The van der Waals surface area contributed by atoms with Crippen LogP contribution < -0.4 is 4.74 Å². The van der Waals surface area contributed by atoms with Gasteiger partial charge in [0.25, 0.3) is 5.91 Å². The molecule has 34 heavy (non-hydrogen) atoms. The van der Waals surface area contributed by atoms with E-state index in [4.69, 9.17) is 4.74 Å². The molecule has 0 bridgehead atoms. The van der Waals surface area contributed by atoms with Crippen LogP contribution in [0.4, 0.5) is 4.39 Å². The standard InChI is InChI=1S/C25H31FN2O5S/c1-25(2,3)23(29)24(30)28-12-9-17(10-13-28)11-14-33-18-5-8-22(27-16-18)20-7-6-19(15-21(20)26)34(4,31)32/h5-8,15-17H,9-14H2,1-4H3. The Bertz CT molecular complexity index is 1150. The number of benzene rings is 1. The molecule has 0 radical (unpaired) electrons. The zero-order valence-electron chi connectivity index (χ0n) is 20.0. The quantitative estimate of drug-likeness (QED) is 0.546. The molecule has 0 saturated carbocycles. The number of rotatable bonds is 7. The van der Waals surface area contributed by atoms with Crippen molar-refractivity contribution in [1.82, 2.24) is 9.88 Å². The molecule has 0 aliphatic carbocycles. The summed E-state index contributed by atoms with van der Waals surface area (Å²) in [7, 11) is -3.48. The fourth-order valence-corrected chi connectivity index (χ4v) is 4.42. The minimum atomic E-state index is -3.48. The summed E-state index contributed by atoms with van der Waals surface area (Å²) in [5, 5.41) is 0. The molecular weight excluding hydrogens is 459 g/mol. The maximum absolute atomic E-state index is 14.4. The molecule has 0 atom stereocenters. The number of nitrogens with zero attached hydrogens (tertiary/aromatic N) is 2. The molecule has 1 saturated heterocycles. The summed E-state index contributed by atoms with van der Waals surface area (Å²) in [5.74, 6) is -0.436. The maximum Gasteiger partial charge on any atom is 0.290 e. The third-order valence-corrected chi connectivity index (χ3v) is 7.06. The molecule has 1 aliphatic heterocycles. The van der Waals surface area contributed by atoms with Crippen LogP contribution in [0.5, 0.6) is 5.75 Å². The van der Waals surface area contributed by atoms with Gasteiger partial charge in [0.1, 0.15) is 11.6 Å². The number of halogens is 1. The van der Waals surface area contributed by atoms with Gasteiger partial charge < -0.3 is 9.64 Å². The highest BCUT2D eigenvalue weighted by Gasteiger charge is 2.33. The van der Waals surface area contributed by atoms with Gasteiger partial charge in [-0.2, -0.15) is 0 Å². The summed E-state index contributed by atoms with van der Waals surface area (Å²) in [5.41, 5.74) is -0.0755. The lowest BCUT2D eigenvalue weighted by molar-refractivity contribution is -0.149. The monoisotopic (exact) mass is 490 g/mol. The molecule has 1 aromatic carbocycles. The van der Waals surface area contributed by atoms with Gasteiger partial charge in [0.2, 0.25) is 5.78 Å². The van der Waals surface area contributed by atoms with E-state index in [1.165, 1.54) is 18.3 Å². The second-order valence-corrected chi connectivity index (χ2v) is 11.8. The number of aromatic nitrogens is 1. The van der Waals surface area contributed by atoms with Gasteiger partial charge in [-0.05, 0) is 55.5 Å². The van der Waals surface area contributed by atoms with E-state index in [0.29, 0.717) is 37.1 Å². The third kappa shape index (κ3) is 6.40. The lowest BCUT2D eigenvalue weighted by Gasteiger charge is -2.32. The van der Waals surface area contributed by atoms with Crippen molar-refractivity contribution in [3.63, 3.8) is 0 Å². The average molecular weight is 491 g/mol. The van der Waals surface area contributed by atoms with Gasteiger partial charge in [-0.1, -0.05) is 20.8 Å². The van der Waals surface area contributed by atoms with Crippen molar-refractivity contribution in [3.8, 4) is 17.0 Å². The summed E-state index contributed by atoms with van der Waals surface area (Å²) in [6, 6.07) is 7.09. The van der Waals surface area contributed by atoms with Crippen LogP contribution >= 0.6 is 0 Å². The van der Waals surface area contributed by atoms with Crippen LogP contribution in [-0.4, -0.2) is 55.9 Å². The topological polar surface area (TPSA) is 93.6 Å². The number of carbonyl (C=O) groups is 2. The van der Waals surface area contributed by atoms with E-state index in [1.807, 2.05) is 0 Å². The van der Waals surface area contributed by atoms with Crippen LogP contribution in [0, 0.1) is 17.2 Å². The van der Waals surface area contributed by atoms with E-state index in [2.05, 4.69) is 4.98 Å². The van der Waals surface area contributed by atoms with Crippen molar-refractivity contribution >= 4 is 21.5 Å². The zero-order chi connectivity index (χ0) is 25.1. The minimum absolute atomic E-state index is 0.0790. The Morgan fingerprint density at radius 2 is 1.82 bits per heavy atom. The van der Waals surface area contributed by atoms with Gasteiger partial charge in [-0.15, -0.1) is 0 Å². The van der Waals surface area contributed by atoms with E-state index in [1.54, 1.807) is 37.8 Å². The largest absolute Gasteiger partial charge is 0.492 e. The molecule has 1 fully saturated rings. The Balaban J connectivity index is 1.48. The number of hydrogen-bond donors (Lipinski definition) is 0. The fraction of sp³-hybridized carbons (Fsp3) is 0.480. The number of ether oxygens (including phenoxy) is 1. The Morgan fingerprint density at radius 1 is 1.15 bits per heavy atom. The number of carbonyl (C=O) groups excluding carboxylic acids is 2. The van der Waals surface area contributed by atoms with Crippen molar-refractivity contribution in [1.29, 1.82) is 0 Å². The van der Waals surface area contributed by atoms with E-state index >= 15 is 0 Å². The van der Waals surface area contributed by atoms with Crippen LogP contribution in [0.1, 0.15) is 40.0 Å². The van der Waals surface area contributed by atoms with Crippen molar-refractivity contribution < 1.29 is 27.1 Å². The first kappa shape index (κ1) is 25.8. The first-order valence-corrected chi connectivity index (χ1v) is 13.2. The lowest BCUT2D eigenvalue weighted by atomic mass is 9.88. The van der Waals surface area contributed by atoms with Gasteiger partial charge in [0.15, 0.2) is 9.84 Å². The zero-order valence-corrected chi connectivity index (χ0v) is 20.8. The molecule has 1 amide bonds. The molecule has 7 nitrogen and oxygen atoms in total. The molecule has 0 spiro atoms. The molecule has 9 heteroatoms. The smallest absolute Gasteiger partial charge is 0.290 e. The predicted octanol–water partition coefficient (Wildman–Crippen LogP) is 3.91. The Hall–Kier alpha value is -2.81. The molecule has 184 valence electrons. The molecule has 0 N–H and O–H groups in total. The summed E-state index contributed by atoms with van der Waals surface area (Å²) >= 11 is 0. The van der Waals surface area contributed by atoms with E-state index in [0.717, 1.165) is 31.6 Å². The molecule has 2 heterocycles. The molecular formula is C25H31FN2O5S. The van der Waals surface area contributed by atoms with Crippen LogP contribution in [0.15, 0.2) is 41.4 Å². The number of piperidine rings is 1. The SMILES string of the molecule is CC(C)(C)C(=O)C(=O)N1CCC(CCOc2ccc(-c3ccc(S(C)(=O)=O)cc3F)nc2)CC1. The maximum atomic E-state index is 14.4. The summed E-state index contributed by atoms with van der Waals surface area (Å²) < 4.78 is 43.3. The van der Waals surface area contributed by atoms with E-state index in [-0.39, 0.29) is 16.2 Å². The molecule has 0 unspecified atom stereocenters. The second kappa shape index (κ2) is 10.2. The molecule has 1 aromatic heterocycles. The molecule has 1 aliphatic rings. The Labute approximate surface area is 200 Å². The summed E-state index contributed by atoms with van der Waals surface area (Å²) in [4.78, 5) is 30.4. The highest BCUT2D eigenvalue weighted by molar-refractivity contribution is 7.90. The lowest BCUT2D eigenvalue weighted by Crippen LogP contribution is -2.45. The van der Waals surface area contributed by atoms with Crippen LogP contribution in [0.25, 0.3) is 11.3 Å². The van der Waals surface area contributed by atoms with Crippen molar-refractivity contribution in [2.75, 3.05) is 26.0 Å². The number of Topliss-reactive ketones (excluding diaryl/α,β-unsaturated/α-hetero) is 1. The fourth-order valence-electron chi connectivity index (χ4n) is 3.79. The highest BCUT2D eigenvalue weighted by Crippen LogP contribution is 2.26. The second-order valence-electron chi connectivity index (χ2n) is 9.74. The summed E-state index contributed by atoms with van der Waals surface area (Å²) in [6.45, 7) is 6.89. The van der Waals surface area contributed by atoms with Crippen LogP contribution in [0.2, 0.25) is 0 Å². The van der Waals surface area contributed by atoms with Gasteiger partial charge >= 0.3 is 0 Å². The predicted molar refractivity (Wildman–Crippen MR) is 127 cm³/mol. The Morgan fingerprint density at radius 3 is 2.35 bits per heavy atom. The number of hydrogen-bond acceptors (Lipinski definition) is 6. The third-order valence-electron chi connectivity index (χ3n) is 5.95. The number of pyridine rings is 1. The van der Waals surface area contributed by atoms with E-state index < -0.39 is 27.0 Å². The van der Waals surface area contributed by atoms with Gasteiger partial charge in [-0.25, -0.2) is 12.8 Å². The minimum Gasteiger partial charge on any atom is -0.492 e. The highest BCUT2D eigenvalue weighted by atomic mass is 32.2. The van der Waals surface area contributed by atoms with Crippen molar-refractivity contribution in [3.05, 3.63) is 42.3 Å². The van der Waals surface area contributed by atoms with Crippen LogP contribution in [0.3, 0.4) is 0 Å². The number of amides is 1. The molecule has 3 rings (SSSR count). The molecule has 2 aromatic rings. The number of likely N-dealkylation sites (tertiary alicyclic amines) is 1. The first-order chi connectivity index (χ1) is 15.9. The number of sulfone groups is 1.